The lowest BCUT2D eigenvalue weighted by molar-refractivity contribution is -0.147. The van der Waals surface area contributed by atoms with Crippen LogP contribution in [0.2, 0.25) is 5.02 Å². The lowest BCUT2D eigenvalue weighted by Gasteiger charge is -2.14. The number of carbonyl (C=O) groups is 1. The number of carbonyl (C=O) groups excluding carboxylic acids is 1. The number of ether oxygens (including phenoxy) is 2. The topological polar surface area (TPSA) is 65.4 Å². The predicted molar refractivity (Wildman–Crippen MR) is 97.9 cm³/mol. The van der Waals surface area contributed by atoms with Crippen LogP contribution in [-0.4, -0.2) is 29.7 Å². The van der Waals surface area contributed by atoms with Crippen molar-refractivity contribution >= 4 is 34.2 Å². The maximum absolute atomic E-state index is 13.3. The summed E-state index contributed by atoms with van der Waals surface area (Å²) in [5.41, 5.74) is 0.525. The number of benzene rings is 2. The molecule has 3 aromatic rings. The van der Waals surface area contributed by atoms with Crippen LogP contribution in [0.15, 0.2) is 36.4 Å². The second kappa shape index (κ2) is 7.59. The largest absolute Gasteiger partial charge is 0.493 e. The molecule has 0 aliphatic rings. The number of amides is 1. The Morgan fingerprint density at radius 1 is 1.18 bits per heavy atom. The van der Waals surface area contributed by atoms with Gasteiger partial charge in [0.2, 0.25) is 11.7 Å². The number of halogens is 4. The van der Waals surface area contributed by atoms with Crippen LogP contribution < -0.4 is 14.8 Å². The molecule has 1 N–H and O–H groups in total. The number of hydrogen-bond donors (Lipinski definition) is 1. The Balaban J connectivity index is 1.92. The number of para-hydroxylation sites is 2. The molecule has 0 saturated heterocycles. The zero-order valence-corrected chi connectivity index (χ0v) is 15.6. The van der Waals surface area contributed by atoms with Crippen LogP contribution in [0.3, 0.4) is 0 Å². The summed E-state index contributed by atoms with van der Waals surface area (Å²) < 4.78 is 51.1. The van der Waals surface area contributed by atoms with Crippen LogP contribution in [0.1, 0.15) is 5.82 Å². The number of imidazole rings is 1. The molecule has 0 atom stereocenters. The van der Waals surface area contributed by atoms with Crippen molar-refractivity contribution in [1.82, 2.24) is 9.55 Å². The second-order valence-corrected chi connectivity index (χ2v) is 6.15. The van der Waals surface area contributed by atoms with E-state index in [0.29, 0.717) is 11.5 Å². The second-order valence-electron chi connectivity index (χ2n) is 5.74. The third-order valence-electron chi connectivity index (χ3n) is 3.96. The average Bonchev–Trinajstić information content (AvgIpc) is 3.02. The predicted octanol–water partition coefficient (Wildman–Crippen LogP) is 4.36. The molecular formula is C18H15ClF3N3O3. The average molecular weight is 414 g/mol. The minimum Gasteiger partial charge on any atom is -0.493 e. The van der Waals surface area contributed by atoms with Gasteiger partial charge in [0.05, 0.1) is 36.0 Å². The van der Waals surface area contributed by atoms with Gasteiger partial charge in [0.25, 0.3) is 0 Å². The first-order valence-electron chi connectivity index (χ1n) is 7.98. The normalized spacial score (nSPS) is 11.5. The summed E-state index contributed by atoms with van der Waals surface area (Å²) in [7, 11) is 2.83. The van der Waals surface area contributed by atoms with Crippen molar-refractivity contribution in [3.63, 3.8) is 0 Å². The number of hydrogen-bond acceptors (Lipinski definition) is 4. The third kappa shape index (κ3) is 3.84. The van der Waals surface area contributed by atoms with Crippen molar-refractivity contribution < 1.29 is 27.4 Å². The number of alkyl halides is 3. The van der Waals surface area contributed by atoms with Gasteiger partial charge in [0.1, 0.15) is 6.54 Å². The number of nitrogens with one attached hydrogen (secondary N) is 1. The highest BCUT2D eigenvalue weighted by atomic mass is 35.5. The van der Waals surface area contributed by atoms with E-state index in [0.717, 1.165) is 4.57 Å². The van der Waals surface area contributed by atoms with Crippen LogP contribution in [0.25, 0.3) is 11.0 Å². The first kappa shape index (κ1) is 19.8. The van der Waals surface area contributed by atoms with E-state index in [1.807, 2.05) is 0 Å². The standard InChI is InChI=1S/C18H15ClF3N3O3/c1-27-14-7-10(19)12(8-15(14)28-2)23-16(26)9-25-13-6-4-3-5-11(13)24-17(25)18(20,21)22/h3-8H,9H2,1-2H3,(H,23,26). The molecule has 0 bridgehead atoms. The molecule has 0 saturated carbocycles. The quantitative estimate of drug-likeness (QED) is 0.674. The molecule has 1 amide bonds. The molecule has 0 aliphatic heterocycles. The van der Waals surface area contributed by atoms with Crippen LogP contribution in [0.4, 0.5) is 18.9 Å². The maximum atomic E-state index is 13.3. The van der Waals surface area contributed by atoms with Gasteiger partial charge in [-0.1, -0.05) is 23.7 Å². The number of methoxy groups -OCH3 is 2. The third-order valence-corrected chi connectivity index (χ3v) is 4.27. The molecule has 1 aromatic heterocycles. The Bertz CT molecular complexity index is 1030. The van der Waals surface area contributed by atoms with Crippen LogP contribution in [0, 0.1) is 0 Å². The summed E-state index contributed by atoms with van der Waals surface area (Å²) in [6.45, 7) is -0.597. The summed E-state index contributed by atoms with van der Waals surface area (Å²) in [6, 6.07) is 8.92. The molecule has 148 valence electrons. The fraction of sp³-hybridized carbons (Fsp3) is 0.222. The minimum atomic E-state index is -4.71. The van der Waals surface area contributed by atoms with Gasteiger partial charge in [0.15, 0.2) is 11.5 Å². The summed E-state index contributed by atoms with van der Waals surface area (Å²) in [6.07, 6.45) is -4.71. The molecule has 28 heavy (non-hydrogen) atoms. The van der Waals surface area contributed by atoms with Crippen molar-refractivity contribution in [3.05, 3.63) is 47.2 Å². The number of nitrogens with zero attached hydrogens (tertiary/aromatic N) is 2. The lowest BCUT2D eigenvalue weighted by Crippen LogP contribution is -2.23. The van der Waals surface area contributed by atoms with Gasteiger partial charge in [-0.3, -0.25) is 4.79 Å². The minimum absolute atomic E-state index is 0.145. The van der Waals surface area contributed by atoms with E-state index in [1.165, 1.54) is 38.5 Å². The lowest BCUT2D eigenvalue weighted by atomic mass is 10.2. The number of fused-ring (bicyclic) bond motifs is 1. The summed E-state index contributed by atoms with van der Waals surface area (Å²) in [4.78, 5) is 16.1. The van der Waals surface area contributed by atoms with Crippen LogP contribution in [0.5, 0.6) is 11.5 Å². The molecule has 0 fully saturated rings. The molecule has 0 radical (unpaired) electrons. The Hall–Kier alpha value is -2.94. The summed E-state index contributed by atoms with van der Waals surface area (Å²) in [5.74, 6) is -1.19. The fourth-order valence-corrected chi connectivity index (χ4v) is 2.94. The van der Waals surface area contributed by atoms with E-state index in [2.05, 4.69) is 10.3 Å². The van der Waals surface area contributed by atoms with Crippen molar-refractivity contribution in [2.75, 3.05) is 19.5 Å². The fourth-order valence-electron chi connectivity index (χ4n) is 2.74. The van der Waals surface area contributed by atoms with Crippen molar-refractivity contribution in [1.29, 1.82) is 0 Å². The highest BCUT2D eigenvalue weighted by Gasteiger charge is 2.38. The Morgan fingerprint density at radius 2 is 1.82 bits per heavy atom. The molecule has 0 unspecified atom stereocenters. The van der Waals surface area contributed by atoms with Crippen molar-refractivity contribution in [2.24, 2.45) is 0 Å². The molecule has 0 spiro atoms. The van der Waals surface area contributed by atoms with E-state index >= 15 is 0 Å². The monoisotopic (exact) mass is 413 g/mol. The van der Waals surface area contributed by atoms with Crippen LogP contribution in [-0.2, 0) is 17.5 Å². The number of aromatic nitrogens is 2. The van der Waals surface area contributed by atoms with Crippen molar-refractivity contribution in [3.8, 4) is 11.5 Å². The molecule has 1 heterocycles. The Labute approximate surface area is 162 Å². The van der Waals surface area contributed by atoms with E-state index < -0.39 is 24.5 Å². The smallest absolute Gasteiger partial charge is 0.449 e. The van der Waals surface area contributed by atoms with Crippen LogP contribution >= 0.6 is 11.6 Å². The molecule has 10 heteroatoms. The van der Waals surface area contributed by atoms with E-state index in [4.69, 9.17) is 21.1 Å². The molecule has 3 rings (SSSR count). The van der Waals surface area contributed by atoms with E-state index in [-0.39, 0.29) is 21.7 Å². The Kier molecular flexibility index (Phi) is 5.37. The van der Waals surface area contributed by atoms with Gasteiger partial charge in [0, 0.05) is 12.1 Å². The first-order valence-corrected chi connectivity index (χ1v) is 8.36. The summed E-state index contributed by atoms with van der Waals surface area (Å²) >= 11 is 6.11. The van der Waals surface area contributed by atoms with E-state index in [1.54, 1.807) is 12.1 Å². The zero-order valence-electron chi connectivity index (χ0n) is 14.8. The number of rotatable bonds is 5. The number of anilines is 1. The maximum Gasteiger partial charge on any atom is 0.449 e. The van der Waals surface area contributed by atoms with Gasteiger partial charge < -0.3 is 19.4 Å². The SMILES string of the molecule is COc1cc(Cl)c(NC(=O)Cn2c(C(F)(F)F)nc3ccccc32)cc1OC. The molecule has 2 aromatic carbocycles. The highest BCUT2D eigenvalue weighted by molar-refractivity contribution is 6.34. The molecular weight excluding hydrogens is 399 g/mol. The van der Waals surface area contributed by atoms with Gasteiger partial charge in [-0.2, -0.15) is 13.2 Å². The highest BCUT2D eigenvalue weighted by Crippen LogP contribution is 2.36. The van der Waals surface area contributed by atoms with Gasteiger partial charge >= 0.3 is 6.18 Å². The molecule has 0 aliphatic carbocycles. The van der Waals surface area contributed by atoms with E-state index in [9.17, 15) is 18.0 Å². The first-order chi connectivity index (χ1) is 13.2. The zero-order chi connectivity index (χ0) is 20.5. The molecule has 6 nitrogen and oxygen atoms in total. The Morgan fingerprint density at radius 3 is 2.46 bits per heavy atom. The van der Waals surface area contributed by atoms with Crippen molar-refractivity contribution in [2.45, 2.75) is 12.7 Å². The van der Waals surface area contributed by atoms with Gasteiger partial charge in [-0.05, 0) is 12.1 Å². The van der Waals surface area contributed by atoms with Gasteiger partial charge in [-0.25, -0.2) is 4.98 Å². The van der Waals surface area contributed by atoms with Gasteiger partial charge in [-0.15, -0.1) is 0 Å². The summed E-state index contributed by atoms with van der Waals surface area (Å²) in [5, 5.41) is 2.65.